The molecule has 0 bridgehead atoms. The zero-order valence-electron chi connectivity index (χ0n) is 14.9. The molecule has 0 aromatic heterocycles. The molecule has 0 aliphatic carbocycles. The van der Waals surface area contributed by atoms with Crippen LogP contribution in [0.4, 0.5) is 24.5 Å². The van der Waals surface area contributed by atoms with Crippen molar-refractivity contribution in [1.82, 2.24) is 10.6 Å². The quantitative estimate of drug-likeness (QED) is 0.443. The monoisotopic (exact) mass is 390 g/mol. The summed E-state index contributed by atoms with van der Waals surface area (Å²) in [6.07, 6.45) is -4.07. The molecule has 0 saturated heterocycles. The number of nitrogens with one attached hydrogen (secondary N) is 3. The Balaban J connectivity index is 2.62. The van der Waals surface area contributed by atoms with E-state index in [2.05, 4.69) is 16.0 Å². The molecule has 0 saturated carbocycles. The number of halogens is 3. The number of rotatable bonds is 9. The number of hydrogen-bond donors (Lipinski definition) is 3. The van der Waals surface area contributed by atoms with Gasteiger partial charge in [-0.3, -0.25) is 19.7 Å². The normalized spacial score (nSPS) is 12.2. The van der Waals surface area contributed by atoms with Gasteiger partial charge in [0, 0.05) is 25.6 Å². The number of nitro groups is 1. The number of nitro benzene ring substituents is 1. The highest BCUT2D eigenvalue weighted by atomic mass is 19.4. The minimum atomic E-state index is -4.70. The number of amides is 2. The maximum absolute atomic E-state index is 12.7. The van der Waals surface area contributed by atoms with E-state index >= 15 is 0 Å². The van der Waals surface area contributed by atoms with Crippen molar-refractivity contribution in [2.45, 2.75) is 38.9 Å². The summed E-state index contributed by atoms with van der Waals surface area (Å²) in [5.74, 6) is -0.812. The molecule has 0 aliphatic rings. The Labute approximate surface area is 153 Å². The standard InChI is InChI=1S/C16H21F3N4O4/c1-3-7-21-15(25)10(2)22-14(24)6-8-20-12-5-4-11(16(17,18)19)9-13(12)23(26)27/h4-5,9-10,20H,3,6-8H2,1-2H3,(H,21,25)(H,22,24)/t10-/m0/s1. The van der Waals surface area contributed by atoms with Crippen LogP contribution in [0.25, 0.3) is 0 Å². The van der Waals surface area contributed by atoms with Gasteiger partial charge in [0.1, 0.15) is 11.7 Å². The predicted octanol–water partition coefficient (Wildman–Crippen LogP) is 2.45. The summed E-state index contributed by atoms with van der Waals surface area (Å²) >= 11 is 0. The van der Waals surface area contributed by atoms with Gasteiger partial charge in [0.2, 0.25) is 11.8 Å². The fraction of sp³-hybridized carbons (Fsp3) is 0.500. The van der Waals surface area contributed by atoms with Crippen LogP contribution in [0.15, 0.2) is 18.2 Å². The number of anilines is 1. The van der Waals surface area contributed by atoms with Crippen LogP contribution in [0.1, 0.15) is 32.3 Å². The first-order valence-corrected chi connectivity index (χ1v) is 8.22. The second-order valence-corrected chi connectivity index (χ2v) is 5.74. The molecule has 2 amide bonds. The Morgan fingerprint density at radius 3 is 2.48 bits per heavy atom. The average Bonchev–Trinajstić information content (AvgIpc) is 2.58. The number of carbonyl (C=O) groups is 2. The highest BCUT2D eigenvalue weighted by Gasteiger charge is 2.33. The van der Waals surface area contributed by atoms with Crippen molar-refractivity contribution in [2.24, 2.45) is 0 Å². The Morgan fingerprint density at radius 2 is 1.93 bits per heavy atom. The zero-order valence-corrected chi connectivity index (χ0v) is 14.9. The molecule has 8 nitrogen and oxygen atoms in total. The Morgan fingerprint density at radius 1 is 1.26 bits per heavy atom. The third-order valence-electron chi connectivity index (χ3n) is 3.51. The summed E-state index contributed by atoms with van der Waals surface area (Å²) in [5, 5.41) is 18.6. The molecule has 1 aromatic rings. The molecule has 0 fully saturated rings. The molecule has 1 aromatic carbocycles. The smallest absolute Gasteiger partial charge is 0.379 e. The van der Waals surface area contributed by atoms with E-state index in [0.717, 1.165) is 18.6 Å². The van der Waals surface area contributed by atoms with E-state index in [-0.39, 0.29) is 24.6 Å². The maximum Gasteiger partial charge on any atom is 0.416 e. The van der Waals surface area contributed by atoms with Crippen LogP contribution >= 0.6 is 0 Å². The van der Waals surface area contributed by atoms with Crippen molar-refractivity contribution >= 4 is 23.2 Å². The van der Waals surface area contributed by atoms with E-state index in [1.807, 2.05) is 6.92 Å². The largest absolute Gasteiger partial charge is 0.416 e. The molecule has 0 spiro atoms. The van der Waals surface area contributed by atoms with Gasteiger partial charge in [0.15, 0.2) is 0 Å². The Kier molecular flexibility index (Phi) is 8.00. The Bertz CT molecular complexity index is 695. The van der Waals surface area contributed by atoms with E-state index in [1.165, 1.54) is 6.92 Å². The van der Waals surface area contributed by atoms with Crippen LogP contribution in [0.3, 0.4) is 0 Å². The van der Waals surface area contributed by atoms with Crippen LogP contribution in [-0.2, 0) is 15.8 Å². The van der Waals surface area contributed by atoms with Crippen LogP contribution in [0, 0.1) is 10.1 Å². The van der Waals surface area contributed by atoms with Crippen LogP contribution in [0.2, 0.25) is 0 Å². The summed E-state index contributed by atoms with van der Waals surface area (Å²) in [6.45, 7) is 3.83. The predicted molar refractivity (Wildman–Crippen MR) is 92.1 cm³/mol. The lowest BCUT2D eigenvalue weighted by Crippen LogP contribution is -2.45. The number of carbonyl (C=O) groups excluding carboxylic acids is 2. The highest BCUT2D eigenvalue weighted by molar-refractivity contribution is 5.87. The van der Waals surface area contributed by atoms with Crippen molar-refractivity contribution in [1.29, 1.82) is 0 Å². The number of nitrogens with zero attached hydrogens (tertiary/aromatic N) is 1. The van der Waals surface area contributed by atoms with Crippen molar-refractivity contribution in [2.75, 3.05) is 18.4 Å². The van der Waals surface area contributed by atoms with E-state index in [4.69, 9.17) is 0 Å². The minimum absolute atomic E-state index is 0.0542. The molecular weight excluding hydrogens is 369 g/mol. The maximum atomic E-state index is 12.7. The van der Waals surface area contributed by atoms with E-state index < -0.39 is 34.3 Å². The first kappa shape index (κ1) is 22.2. The first-order valence-electron chi connectivity index (χ1n) is 8.22. The lowest BCUT2D eigenvalue weighted by molar-refractivity contribution is -0.384. The van der Waals surface area contributed by atoms with Crippen molar-refractivity contribution in [3.63, 3.8) is 0 Å². The fourth-order valence-corrected chi connectivity index (χ4v) is 2.10. The second kappa shape index (κ2) is 9.74. The molecule has 1 rings (SSSR count). The molecular formula is C16H21F3N4O4. The lowest BCUT2D eigenvalue weighted by Gasteiger charge is -2.14. The Hall–Kier alpha value is -2.85. The number of hydrogen-bond acceptors (Lipinski definition) is 5. The average molecular weight is 390 g/mol. The molecule has 3 N–H and O–H groups in total. The van der Waals surface area contributed by atoms with Gasteiger partial charge in [0.05, 0.1) is 10.5 Å². The van der Waals surface area contributed by atoms with Gasteiger partial charge in [-0.2, -0.15) is 13.2 Å². The molecule has 0 radical (unpaired) electrons. The highest BCUT2D eigenvalue weighted by Crippen LogP contribution is 2.34. The first-order chi connectivity index (χ1) is 12.6. The SMILES string of the molecule is CCCNC(=O)[C@H](C)NC(=O)CCNc1ccc(C(F)(F)F)cc1[N+](=O)[O-]. The van der Waals surface area contributed by atoms with Gasteiger partial charge in [-0.05, 0) is 25.5 Å². The third-order valence-corrected chi connectivity index (χ3v) is 3.51. The van der Waals surface area contributed by atoms with Gasteiger partial charge in [-0.1, -0.05) is 6.92 Å². The van der Waals surface area contributed by atoms with Gasteiger partial charge in [-0.15, -0.1) is 0 Å². The van der Waals surface area contributed by atoms with Crippen LogP contribution < -0.4 is 16.0 Å². The fourth-order valence-electron chi connectivity index (χ4n) is 2.10. The van der Waals surface area contributed by atoms with Gasteiger partial charge < -0.3 is 16.0 Å². The summed E-state index contributed by atoms with van der Waals surface area (Å²) in [6, 6.07) is 1.35. The van der Waals surface area contributed by atoms with E-state index in [1.54, 1.807) is 0 Å². The molecule has 0 heterocycles. The van der Waals surface area contributed by atoms with E-state index in [0.29, 0.717) is 12.6 Å². The summed E-state index contributed by atoms with van der Waals surface area (Å²) in [7, 11) is 0. The topological polar surface area (TPSA) is 113 Å². The summed E-state index contributed by atoms with van der Waals surface area (Å²) in [5.41, 5.74) is -2.00. The van der Waals surface area contributed by atoms with Crippen molar-refractivity contribution < 1.29 is 27.7 Å². The third kappa shape index (κ3) is 7.12. The van der Waals surface area contributed by atoms with Gasteiger partial charge in [-0.25, -0.2) is 0 Å². The minimum Gasteiger partial charge on any atom is -0.379 e. The molecule has 11 heteroatoms. The summed E-state index contributed by atoms with van der Waals surface area (Å²) < 4.78 is 38.0. The van der Waals surface area contributed by atoms with Gasteiger partial charge >= 0.3 is 6.18 Å². The molecule has 0 unspecified atom stereocenters. The van der Waals surface area contributed by atoms with E-state index in [9.17, 15) is 32.9 Å². The number of alkyl halides is 3. The number of benzene rings is 1. The van der Waals surface area contributed by atoms with Crippen molar-refractivity contribution in [3.8, 4) is 0 Å². The molecule has 1 atom stereocenters. The summed E-state index contributed by atoms with van der Waals surface area (Å²) in [4.78, 5) is 33.5. The van der Waals surface area contributed by atoms with Crippen molar-refractivity contribution in [3.05, 3.63) is 33.9 Å². The second-order valence-electron chi connectivity index (χ2n) is 5.74. The van der Waals surface area contributed by atoms with Crippen LogP contribution in [-0.4, -0.2) is 35.9 Å². The molecule has 150 valence electrons. The van der Waals surface area contributed by atoms with Crippen LogP contribution in [0.5, 0.6) is 0 Å². The zero-order chi connectivity index (χ0) is 20.6. The lowest BCUT2D eigenvalue weighted by atomic mass is 10.1. The molecule has 0 aliphatic heterocycles. The van der Waals surface area contributed by atoms with Gasteiger partial charge in [0.25, 0.3) is 5.69 Å². The molecule has 27 heavy (non-hydrogen) atoms.